The largest absolute Gasteiger partial charge is 0.316 e. The van der Waals surface area contributed by atoms with E-state index in [0.717, 1.165) is 17.1 Å². The highest BCUT2D eigenvalue weighted by Crippen LogP contribution is 2.23. The second kappa shape index (κ2) is 6.92. The van der Waals surface area contributed by atoms with E-state index < -0.39 is 0 Å². The molecule has 0 aliphatic rings. The number of halogens is 1. The molecule has 0 heterocycles. The summed E-state index contributed by atoms with van der Waals surface area (Å²) in [6, 6.07) is 7.40. The van der Waals surface area contributed by atoms with Gasteiger partial charge in [-0.15, -0.1) is 11.8 Å². The summed E-state index contributed by atoms with van der Waals surface area (Å²) in [6.07, 6.45) is 1.12. The standard InChI is InChI=1S/C13H20FNS/c1-10(2)8-11(15-3)9-16-13-7-5-4-6-12(13)14/h4-7,10-11,15H,8-9H2,1-3H3. The maximum Gasteiger partial charge on any atom is 0.136 e. The lowest BCUT2D eigenvalue weighted by Crippen LogP contribution is -2.29. The average molecular weight is 241 g/mol. The van der Waals surface area contributed by atoms with Crippen LogP contribution in [0.4, 0.5) is 4.39 Å². The molecule has 16 heavy (non-hydrogen) atoms. The highest BCUT2D eigenvalue weighted by molar-refractivity contribution is 7.99. The van der Waals surface area contributed by atoms with E-state index in [-0.39, 0.29) is 5.82 Å². The van der Waals surface area contributed by atoms with Gasteiger partial charge in [0.05, 0.1) is 0 Å². The molecule has 0 aromatic heterocycles. The molecule has 1 N–H and O–H groups in total. The third-order valence-corrected chi connectivity index (χ3v) is 3.65. The Morgan fingerprint density at radius 3 is 2.56 bits per heavy atom. The molecule has 0 saturated carbocycles. The summed E-state index contributed by atoms with van der Waals surface area (Å²) < 4.78 is 13.4. The normalized spacial score (nSPS) is 13.1. The first-order valence-electron chi connectivity index (χ1n) is 5.68. The third-order valence-electron chi connectivity index (χ3n) is 2.44. The van der Waals surface area contributed by atoms with Crippen molar-refractivity contribution < 1.29 is 4.39 Å². The molecule has 1 nitrogen and oxygen atoms in total. The van der Waals surface area contributed by atoms with Gasteiger partial charge in [0, 0.05) is 16.7 Å². The lowest BCUT2D eigenvalue weighted by Gasteiger charge is -2.17. The predicted octanol–water partition coefficient (Wildman–Crippen LogP) is 3.55. The van der Waals surface area contributed by atoms with E-state index in [4.69, 9.17) is 0 Å². The Morgan fingerprint density at radius 1 is 1.31 bits per heavy atom. The lowest BCUT2D eigenvalue weighted by atomic mass is 10.1. The van der Waals surface area contributed by atoms with Gasteiger partial charge in [0.25, 0.3) is 0 Å². The number of rotatable bonds is 6. The van der Waals surface area contributed by atoms with E-state index in [9.17, 15) is 4.39 Å². The van der Waals surface area contributed by atoms with Gasteiger partial charge in [0.1, 0.15) is 5.82 Å². The molecule has 1 rings (SSSR count). The third kappa shape index (κ3) is 4.54. The summed E-state index contributed by atoms with van der Waals surface area (Å²) in [5.74, 6) is 1.46. The molecule has 90 valence electrons. The first-order valence-corrected chi connectivity index (χ1v) is 6.66. The Labute approximate surface area is 102 Å². The van der Waals surface area contributed by atoms with Gasteiger partial charge < -0.3 is 5.32 Å². The quantitative estimate of drug-likeness (QED) is 0.764. The molecule has 1 aromatic rings. The number of hydrogen-bond acceptors (Lipinski definition) is 2. The van der Waals surface area contributed by atoms with Crippen LogP contribution in [0.1, 0.15) is 20.3 Å². The van der Waals surface area contributed by atoms with Crippen LogP contribution < -0.4 is 5.32 Å². The van der Waals surface area contributed by atoms with Crippen molar-refractivity contribution in [3.8, 4) is 0 Å². The molecule has 1 aromatic carbocycles. The van der Waals surface area contributed by atoms with E-state index in [1.54, 1.807) is 17.8 Å². The zero-order chi connectivity index (χ0) is 12.0. The van der Waals surface area contributed by atoms with E-state index >= 15 is 0 Å². The highest BCUT2D eigenvalue weighted by Gasteiger charge is 2.10. The van der Waals surface area contributed by atoms with Crippen LogP contribution >= 0.6 is 11.8 Å². The zero-order valence-corrected chi connectivity index (χ0v) is 11.0. The SMILES string of the molecule is CNC(CSc1ccccc1F)CC(C)C. The van der Waals surface area contributed by atoms with Crippen molar-refractivity contribution in [3.05, 3.63) is 30.1 Å². The molecule has 0 fully saturated rings. The number of benzene rings is 1. The molecule has 0 aliphatic heterocycles. The van der Waals surface area contributed by atoms with E-state index in [1.165, 1.54) is 6.07 Å². The molecule has 1 atom stereocenters. The van der Waals surface area contributed by atoms with E-state index in [1.807, 2.05) is 19.2 Å². The summed E-state index contributed by atoms with van der Waals surface area (Å²) in [6.45, 7) is 4.41. The lowest BCUT2D eigenvalue weighted by molar-refractivity contribution is 0.474. The Balaban J connectivity index is 2.46. The first kappa shape index (κ1) is 13.5. The van der Waals surface area contributed by atoms with Crippen LogP contribution in [-0.4, -0.2) is 18.8 Å². The smallest absolute Gasteiger partial charge is 0.136 e. The van der Waals surface area contributed by atoms with Gasteiger partial charge in [-0.2, -0.15) is 0 Å². The first-order chi connectivity index (χ1) is 7.63. The Morgan fingerprint density at radius 2 is 2.00 bits per heavy atom. The van der Waals surface area contributed by atoms with Crippen molar-refractivity contribution >= 4 is 11.8 Å². The van der Waals surface area contributed by atoms with Crippen LogP contribution in [0, 0.1) is 11.7 Å². The molecule has 0 bridgehead atoms. The molecular weight excluding hydrogens is 221 g/mol. The topological polar surface area (TPSA) is 12.0 Å². The fraction of sp³-hybridized carbons (Fsp3) is 0.538. The highest BCUT2D eigenvalue weighted by atomic mass is 32.2. The minimum absolute atomic E-state index is 0.119. The van der Waals surface area contributed by atoms with Crippen molar-refractivity contribution in [2.45, 2.75) is 31.2 Å². The van der Waals surface area contributed by atoms with Gasteiger partial charge in [0.2, 0.25) is 0 Å². The van der Waals surface area contributed by atoms with Crippen LogP contribution in [0.15, 0.2) is 29.2 Å². The van der Waals surface area contributed by atoms with Crippen LogP contribution in [0.2, 0.25) is 0 Å². The van der Waals surface area contributed by atoms with Gasteiger partial charge in [-0.3, -0.25) is 0 Å². The molecule has 0 amide bonds. The monoisotopic (exact) mass is 241 g/mol. The summed E-state index contributed by atoms with van der Waals surface area (Å²) in [7, 11) is 1.97. The summed E-state index contributed by atoms with van der Waals surface area (Å²) in [5.41, 5.74) is 0. The van der Waals surface area contributed by atoms with Crippen molar-refractivity contribution in [2.24, 2.45) is 5.92 Å². The Kier molecular flexibility index (Phi) is 5.85. The second-order valence-electron chi connectivity index (χ2n) is 4.36. The molecule has 0 aliphatic carbocycles. The fourth-order valence-electron chi connectivity index (χ4n) is 1.59. The summed E-state index contributed by atoms with van der Waals surface area (Å²) in [5, 5.41) is 3.28. The molecule has 3 heteroatoms. The molecule has 1 unspecified atom stereocenters. The van der Waals surface area contributed by atoms with Gasteiger partial charge in [-0.1, -0.05) is 26.0 Å². The Hall–Kier alpha value is -0.540. The van der Waals surface area contributed by atoms with Crippen LogP contribution in [0.5, 0.6) is 0 Å². The van der Waals surface area contributed by atoms with E-state index in [0.29, 0.717) is 12.0 Å². The van der Waals surface area contributed by atoms with Gasteiger partial charge in [0.15, 0.2) is 0 Å². The van der Waals surface area contributed by atoms with Gasteiger partial charge in [-0.25, -0.2) is 4.39 Å². The van der Waals surface area contributed by atoms with Crippen molar-refractivity contribution in [3.63, 3.8) is 0 Å². The number of nitrogens with one attached hydrogen (secondary N) is 1. The molecule has 0 saturated heterocycles. The number of hydrogen-bond donors (Lipinski definition) is 1. The predicted molar refractivity (Wildman–Crippen MR) is 69.4 cm³/mol. The summed E-state index contributed by atoms with van der Waals surface area (Å²) >= 11 is 1.58. The molecule has 0 spiro atoms. The van der Waals surface area contributed by atoms with Gasteiger partial charge in [-0.05, 0) is 31.5 Å². The fourth-order valence-corrected chi connectivity index (χ4v) is 2.65. The van der Waals surface area contributed by atoms with E-state index in [2.05, 4.69) is 19.2 Å². The molecule has 0 radical (unpaired) electrons. The minimum atomic E-state index is -0.119. The van der Waals surface area contributed by atoms with Gasteiger partial charge >= 0.3 is 0 Å². The van der Waals surface area contributed by atoms with Crippen LogP contribution in [0.25, 0.3) is 0 Å². The van der Waals surface area contributed by atoms with Crippen molar-refractivity contribution in [1.29, 1.82) is 0 Å². The zero-order valence-electron chi connectivity index (χ0n) is 10.2. The van der Waals surface area contributed by atoms with Crippen molar-refractivity contribution in [2.75, 3.05) is 12.8 Å². The number of thioether (sulfide) groups is 1. The minimum Gasteiger partial charge on any atom is -0.316 e. The average Bonchev–Trinajstić information content (AvgIpc) is 2.25. The maximum absolute atomic E-state index is 13.4. The summed E-state index contributed by atoms with van der Waals surface area (Å²) in [4.78, 5) is 0.742. The van der Waals surface area contributed by atoms with Crippen LogP contribution in [-0.2, 0) is 0 Å². The van der Waals surface area contributed by atoms with Crippen LogP contribution in [0.3, 0.4) is 0 Å². The maximum atomic E-state index is 13.4. The Bertz CT molecular complexity index is 315. The second-order valence-corrected chi connectivity index (χ2v) is 5.42. The van der Waals surface area contributed by atoms with Crippen molar-refractivity contribution in [1.82, 2.24) is 5.32 Å². The molecular formula is C13H20FNS.